The van der Waals surface area contributed by atoms with Gasteiger partial charge < -0.3 is 15.1 Å². The second-order valence-corrected chi connectivity index (χ2v) is 8.48. The van der Waals surface area contributed by atoms with Gasteiger partial charge in [-0.25, -0.2) is 9.18 Å². The van der Waals surface area contributed by atoms with E-state index in [1.54, 1.807) is 19.9 Å². The first kappa shape index (κ1) is 28.7. The Labute approximate surface area is 204 Å². The van der Waals surface area contributed by atoms with Gasteiger partial charge in [0.25, 0.3) is 0 Å². The summed E-state index contributed by atoms with van der Waals surface area (Å²) in [5.74, 6) is -0.432. The number of carbonyl (C=O) groups is 1. The zero-order valence-electron chi connectivity index (χ0n) is 19.1. The van der Waals surface area contributed by atoms with E-state index in [-0.39, 0.29) is 30.1 Å². The molecular weight excluding hydrogens is 503 g/mol. The van der Waals surface area contributed by atoms with E-state index in [9.17, 15) is 35.5 Å². The zero-order valence-corrected chi connectivity index (χ0v) is 19.9. The van der Waals surface area contributed by atoms with Crippen molar-refractivity contribution >= 4 is 18.4 Å². The van der Waals surface area contributed by atoms with Crippen LogP contribution >= 0.6 is 12.4 Å². The molecule has 1 heterocycles. The highest BCUT2D eigenvalue weighted by Gasteiger charge is 2.38. The first-order chi connectivity index (χ1) is 15.7. The van der Waals surface area contributed by atoms with E-state index in [1.165, 1.54) is 24.1 Å². The van der Waals surface area contributed by atoms with E-state index < -0.39 is 47.9 Å². The lowest BCUT2D eigenvalue weighted by Crippen LogP contribution is -2.56. The minimum absolute atomic E-state index is 0. The third kappa shape index (κ3) is 6.58. The SMILES string of the molecule is Cc1cc(F)ccc1C1CNCC(C)N1C(=O)N(C)Cc1cc(C(F)(F)F)cc(C(F)(F)F)c1.Cl. The van der Waals surface area contributed by atoms with E-state index in [2.05, 4.69) is 5.32 Å². The number of urea groups is 1. The number of alkyl halides is 6. The van der Waals surface area contributed by atoms with E-state index in [0.29, 0.717) is 36.3 Å². The van der Waals surface area contributed by atoms with Crippen molar-refractivity contribution in [3.05, 3.63) is 70.0 Å². The quantitative estimate of drug-likeness (QED) is 0.484. The number of nitrogens with one attached hydrogen (secondary N) is 1. The smallest absolute Gasteiger partial charge is 0.323 e. The molecule has 3 rings (SSSR count). The normalized spacial score (nSPS) is 18.7. The third-order valence-electron chi connectivity index (χ3n) is 5.79. The molecule has 4 nitrogen and oxygen atoms in total. The Morgan fingerprint density at radius 3 is 2.11 bits per heavy atom. The zero-order chi connectivity index (χ0) is 25.4. The van der Waals surface area contributed by atoms with Crippen LogP contribution in [0.2, 0.25) is 0 Å². The Morgan fingerprint density at radius 1 is 1.03 bits per heavy atom. The van der Waals surface area contributed by atoms with Crippen LogP contribution in [0.4, 0.5) is 35.5 Å². The molecular formula is C23H25ClF7N3O. The standard InChI is InChI=1S/C23H24F7N3O.ClH/c1-13-6-18(24)4-5-19(13)20-11-31-10-14(2)33(20)21(34)32(3)12-15-7-16(22(25,26)27)9-17(8-15)23(28,29)30;/h4-9,14,20,31H,10-12H2,1-3H3;1H. The molecule has 0 bridgehead atoms. The molecule has 1 fully saturated rings. The molecule has 12 heteroatoms. The summed E-state index contributed by atoms with van der Waals surface area (Å²) < 4.78 is 92.7. The van der Waals surface area contributed by atoms with Gasteiger partial charge in [-0.3, -0.25) is 0 Å². The van der Waals surface area contributed by atoms with Crippen LogP contribution in [0.25, 0.3) is 0 Å². The number of halogens is 8. The molecule has 2 amide bonds. The van der Waals surface area contributed by atoms with Crippen LogP contribution < -0.4 is 5.32 Å². The first-order valence-corrected chi connectivity index (χ1v) is 10.5. The monoisotopic (exact) mass is 527 g/mol. The Hall–Kier alpha value is -2.53. The number of carbonyl (C=O) groups excluding carboxylic acids is 1. The second-order valence-electron chi connectivity index (χ2n) is 8.48. The summed E-state index contributed by atoms with van der Waals surface area (Å²) in [5.41, 5.74) is -1.85. The predicted molar refractivity (Wildman–Crippen MR) is 119 cm³/mol. The van der Waals surface area contributed by atoms with Crippen LogP contribution in [0.5, 0.6) is 0 Å². The molecule has 0 aromatic heterocycles. The summed E-state index contributed by atoms with van der Waals surface area (Å²) in [5, 5.41) is 3.19. The van der Waals surface area contributed by atoms with Gasteiger partial charge in [-0.05, 0) is 60.9 Å². The summed E-state index contributed by atoms with van der Waals surface area (Å²) >= 11 is 0. The summed E-state index contributed by atoms with van der Waals surface area (Å²) in [7, 11) is 1.32. The van der Waals surface area contributed by atoms with Crippen molar-refractivity contribution in [1.29, 1.82) is 0 Å². The van der Waals surface area contributed by atoms with Gasteiger partial charge in [-0.2, -0.15) is 26.3 Å². The molecule has 0 saturated carbocycles. The van der Waals surface area contributed by atoms with Crippen LogP contribution in [0.15, 0.2) is 36.4 Å². The fourth-order valence-electron chi connectivity index (χ4n) is 4.18. The lowest BCUT2D eigenvalue weighted by atomic mass is 9.96. The van der Waals surface area contributed by atoms with Crippen molar-refractivity contribution in [3.8, 4) is 0 Å². The minimum Gasteiger partial charge on any atom is -0.323 e. The topological polar surface area (TPSA) is 35.6 Å². The van der Waals surface area contributed by atoms with Crippen molar-refractivity contribution in [2.45, 2.75) is 44.8 Å². The fourth-order valence-corrected chi connectivity index (χ4v) is 4.18. The molecule has 2 atom stereocenters. The molecule has 1 N–H and O–H groups in total. The molecule has 1 aliphatic rings. The van der Waals surface area contributed by atoms with Crippen LogP contribution in [0.1, 0.15) is 40.8 Å². The van der Waals surface area contributed by atoms with Gasteiger partial charge in [0.05, 0.1) is 17.2 Å². The third-order valence-corrected chi connectivity index (χ3v) is 5.79. The number of hydrogen-bond donors (Lipinski definition) is 1. The van der Waals surface area contributed by atoms with Gasteiger partial charge in [-0.1, -0.05) is 6.07 Å². The number of aryl methyl sites for hydroxylation is 1. The number of nitrogens with zero attached hydrogens (tertiary/aromatic N) is 2. The molecule has 2 aromatic rings. The van der Waals surface area contributed by atoms with Gasteiger partial charge in [0.2, 0.25) is 0 Å². The molecule has 0 spiro atoms. The van der Waals surface area contributed by atoms with Gasteiger partial charge in [0, 0.05) is 32.7 Å². The van der Waals surface area contributed by atoms with Gasteiger partial charge in [0.1, 0.15) is 5.82 Å². The minimum atomic E-state index is -4.98. The van der Waals surface area contributed by atoms with Gasteiger partial charge >= 0.3 is 18.4 Å². The Bertz CT molecular complexity index is 1030. The van der Waals surface area contributed by atoms with Crippen molar-refractivity contribution < 1.29 is 35.5 Å². The van der Waals surface area contributed by atoms with E-state index in [0.717, 1.165) is 4.90 Å². The van der Waals surface area contributed by atoms with Gasteiger partial charge in [-0.15, -0.1) is 12.4 Å². The van der Waals surface area contributed by atoms with E-state index in [4.69, 9.17) is 0 Å². The first-order valence-electron chi connectivity index (χ1n) is 10.5. The van der Waals surface area contributed by atoms with E-state index >= 15 is 0 Å². The van der Waals surface area contributed by atoms with Gasteiger partial charge in [0.15, 0.2) is 0 Å². The van der Waals surface area contributed by atoms with Crippen molar-refractivity contribution in [1.82, 2.24) is 15.1 Å². The highest BCUT2D eigenvalue weighted by molar-refractivity contribution is 5.85. The predicted octanol–water partition coefficient (Wildman–Crippen LogP) is 6.18. The van der Waals surface area contributed by atoms with Crippen LogP contribution in [-0.4, -0.2) is 42.0 Å². The maximum atomic E-state index is 13.6. The number of rotatable bonds is 3. The summed E-state index contributed by atoms with van der Waals surface area (Å²) in [6, 6.07) is 4.07. The van der Waals surface area contributed by atoms with Crippen molar-refractivity contribution in [2.75, 3.05) is 20.1 Å². The maximum Gasteiger partial charge on any atom is 0.416 e. The number of piperazine rings is 1. The Balaban J connectivity index is 0.00000432. The molecule has 194 valence electrons. The van der Waals surface area contributed by atoms with Crippen LogP contribution in [-0.2, 0) is 18.9 Å². The average molecular weight is 528 g/mol. The average Bonchev–Trinajstić information content (AvgIpc) is 2.71. The lowest BCUT2D eigenvalue weighted by Gasteiger charge is -2.43. The molecule has 2 aromatic carbocycles. The summed E-state index contributed by atoms with van der Waals surface area (Å²) in [4.78, 5) is 16.0. The van der Waals surface area contributed by atoms with Crippen LogP contribution in [0.3, 0.4) is 0 Å². The summed E-state index contributed by atoms with van der Waals surface area (Å²) in [6.45, 7) is 3.81. The molecule has 0 aliphatic carbocycles. The highest BCUT2D eigenvalue weighted by atomic mass is 35.5. The fraction of sp³-hybridized carbons (Fsp3) is 0.435. The Morgan fingerprint density at radius 2 is 1.60 bits per heavy atom. The van der Waals surface area contributed by atoms with Crippen molar-refractivity contribution in [2.24, 2.45) is 0 Å². The lowest BCUT2D eigenvalue weighted by molar-refractivity contribution is -0.143. The largest absolute Gasteiger partial charge is 0.416 e. The second kappa shape index (κ2) is 10.6. The maximum absolute atomic E-state index is 13.6. The highest BCUT2D eigenvalue weighted by Crippen LogP contribution is 2.37. The number of hydrogen-bond acceptors (Lipinski definition) is 2. The van der Waals surface area contributed by atoms with Crippen LogP contribution in [0, 0.1) is 12.7 Å². The van der Waals surface area contributed by atoms with E-state index in [1.807, 2.05) is 0 Å². The summed E-state index contributed by atoms with van der Waals surface area (Å²) in [6.07, 6.45) is -9.95. The molecule has 1 saturated heterocycles. The molecule has 35 heavy (non-hydrogen) atoms. The number of amides is 2. The van der Waals surface area contributed by atoms with Crippen molar-refractivity contribution in [3.63, 3.8) is 0 Å². The molecule has 0 radical (unpaired) electrons. The number of benzene rings is 2. The Kier molecular flexibility index (Phi) is 8.70. The molecule has 2 unspecified atom stereocenters. The molecule has 1 aliphatic heterocycles.